The van der Waals surface area contributed by atoms with Crippen LogP contribution in [0.4, 0.5) is 0 Å². The van der Waals surface area contributed by atoms with Gasteiger partial charge in [0.2, 0.25) is 0 Å². The fourth-order valence-corrected chi connectivity index (χ4v) is 2.00. The minimum absolute atomic E-state index is 0.0965. The summed E-state index contributed by atoms with van der Waals surface area (Å²) in [6, 6.07) is 8.14. The van der Waals surface area contributed by atoms with Gasteiger partial charge in [-0.2, -0.15) is 5.10 Å². The second kappa shape index (κ2) is 5.78. The van der Waals surface area contributed by atoms with E-state index in [-0.39, 0.29) is 5.92 Å². The van der Waals surface area contributed by atoms with E-state index in [0.717, 1.165) is 12.0 Å². The van der Waals surface area contributed by atoms with Gasteiger partial charge in [0, 0.05) is 12.5 Å². The molecule has 0 aliphatic heterocycles. The maximum atomic E-state index is 10.3. The number of aromatic nitrogens is 3. The standard InChI is InChI=1S/C14H19N3O/c1-3-12-4-6-13(7-5-12)14(18)11(2)8-17-10-15-9-16-17/h4-7,9-11,14,18H,3,8H2,1-2H3. The first kappa shape index (κ1) is 12.8. The Morgan fingerprint density at radius 1 is 1.28 bits per heavy atom. The summed E-state index contributed by atoms with van der Waals surface area (Å²) < 4.78 is 1.74. The lowest BCUT2D eigenvalue weighted by Crippen LogP contribution is -2.16. The molecule has 96 valence electrons. The molecule has 1 heterocycles. The molecule has 2 unspecified atom stereocenters. The molecule has 1 aromatic heterocycles. The summed E-state index contributed by atoms with van der Waals surface area (Å²) in [5.74, 6) is 0.0965. The monoisotopic (exact) mass is 245 g/mol. The third kappa shape index (κ3) is 2.96. The average molecular weight is 245 g/mol. The number of nitrogens with zero attached hydrogens (tertiary/aromatic N) is 3. The van der Waals surface area contributed by atoms with Crippen molar-refractivity contribution in [2.75, 3.05) is 0 Å². The van der Waals surface area contributed by atoms with E-state index in [9.17, 15) is 5.11 Å². The highest BCUT2D eigenvalue weighted by Gasteiger charge is 2.17. The van der Waals surface area contributed by atoms with E-state index in [1.807, 2.05) is 19.1 Å². The molecule has 0 spiro atoms. The maximum absolute atomic E-state index is 10.3. The summed E-state index contributed by atoms with van der Waals surface area (Å²) in [6.07, 6.45) is 3.73. The normalized spacial score (nSPS) is 14.4. The van der Waals surface area contributed by atoms with Crippen LogP contribution in [0.25, 0.3) is 0 Å². The molecule has 0 radical (unpaired) electrons. The summed E-state index contributed by atoms with van der Waals surface area (Å²) in [7, 11) is 0. The predicted octanol–water partition coefficient (Wildman–Crippen LogP) is 2.21. The van der Waals surface area contributed by atoms with Crippen molar-refractivity contribution >= 4 is 0 Å². The summed E-state index contributed by atoms with van der Waals surface area (Å²) in [4.78, 5) is 3.90. The Hall–Kier alpha value is -1.68. The Labute approximate surface area is 107 Å². The second-order valence-electron chi connectivity index (χ2n) is 4.63. The molecule has 4 heteroatoms. The lowest BCUT2D eigenvalue weighted by atomic mass is 9.96. The molecule has 2 atom stereocenters. The quantitative estimate of drug-likeness (QED) is 0.878. The van der Waals surface area contributed by atoms with Gasteiger partial charge in [-0.1, -0.05) is 38.1 Å². The van der Waals surface area contributed by atoms with Crippen molar-refractivity contribution in [1.82, 2.24) is 14.8 Å². The van der Waals surface area contributed by atoms with E-state index >= 15 is 0 Å². The van der Waals surface area contributed by atoms with Crippen LogP contribution in [0.3, 0.4) is 0 Å². The molecule has 18 heavy (non-hydrogen) atoms. The minimum Gasteiger partial charge on any atom is -0.388 e. The molecule has 1 N–H and O–H groups in total. The Kier molecular flexibility index (Phi) is 4.10. The predicted molar refractivity (Wildman–Crippen MR) is 70.0 cm³/mol. The largest absolute Gasteiger partial charge is 0.388 e. The highest BCUT2D eigenvalue weighted by molar-refractivity contribution is 5.24. The van der Waals surface area contributed by atoms with Crippen molar-refractivity contribution in [3.63, 3.8) is 0 Å². The fourth-order valence-electron chi connectivity index (χ4n) is 2.00. The van der Waals surface area contributed by atoms with Crippen molar-refractivity contribution in [2.24, 2.45) is 5.92 Å². The minimum atomic E-state index is -0.472. The van der Waals surface area contributed by atoms with E-state index in [4.69, 9.17) is 0 Å². The van der Waals surface area contributed by atoms with E-state index in [2.05, 4.69) is 29.1 Å². The average Bonchev–Trinajstić information content (AvgIpc) is 2.91. The Bertz CT molecular complexity index is 464. The second-order valence-corrected chi connectivity index (χ2v) is 4.63. The Morgan fingerprint density at radius 2 is 2.00 bits per heavy atom. The highest BCUT2D eigenvalue weighted by atomic mass is 16.3. The molecular formula is C14H19N3O. The number of hydrogen-bond acceptors (Lipinski definition) is 3. The van der Waals surface area contributed by atoms with Crippen LogP contribution < -0.4 is 0 Å². The molecule has 2 rings (SSSR count). The number of hydrogen-bond donors (Lipinski definition) is 1. The number of aryl methyl sites for hydroxylation is 1. The van der Waals surface area contributed by atoms with Crippen LogP contribution >= 0.6 is 0 Å². The van der Waals surface area contributed by atoms with E-state index < -0.39 is 6.10 Å². The van der Waals surface area contributed by atoms with Gasteiger partial charge in [-0.25, -0.2) is 4.98 Å². The van der Waals surface area contributed by atoms with Gasteiger partial charge in [-0.15, -0.1) is 0 Å². The Balaban J connectivity index is 2.02. The zero-order chi connectivity index (χ0) is 13.0. The lowest BCUT2D eigenvalue weighted by molar-refractivity contribution is 0.105. The first-order valence-corrected chi connectivity index (χ1v) is 6.30. The number of rotatable bonds is 5. The summed E-state index contributed by atoms with van der Waals surface area (Å²) in [5.41, 5.74) is 2.25. The van der Waals surface area contributed by atoms with Crippen molar-refractivity contribution in [3.8, 4) is 0 Å². The van der Waals surface area contributed by atoms with Crippen molar-refractivity contribution in [1.29, 1.82) is 0 Å². The Morgan fingerprint density at radius 3 is 2.56 bits per heavy atom. The van der Waals surface area contributed by atoms with Gasteiger partial charge in [-0.3, -0.25) is 4.68 Å². The van der Waals surface area contributed by atoms with E-state index in [1.54, 1.807) is 11.0 Å². The number of aliphatic hydroxyl groups is 1. The molecule has 1 aromatic carbocycles. The third-order valence-corrected chi connectivity index (χ3v) is 3.21. The van der Waals surface area contributed by atoms with Crippen molar-refractivity contribution in [3.05, 3.63) is 48.0 Å². The molecular weight excluding hydrogens is 226 g/mol. The molecule has 0 fully saturated rings. The van der Waals surface area contributed by atoms with Gasteiger partial charge in [0.1, 0.15) is 12.7 Å². The van der Waals surface area contributed by atoms with E-state index in [1.165, 1.54) is 11.9 Å². The summed E-state index contributed by atoms with van der Waals surface area (Å²) in [6.45, 7) is 4.80. The fraction of sp³-hybridized carbons (Fsp3) is 0.429. The number of aliphatic hydroxyl groups excluding tert-OH is 1. The van der Waals surface area contributed by atoms with Gasteiger partial charge < -0.3 is 5.11 Å². The molecule has 4 nitrogen and oxygen atoms in total. The third-order valence-electron chi connectivity index (χ3n) is 3.21. The van der Waals surface area contributed by atoms with Gasteiger partial charge in [0.25, 0.3) is 0 Å². The number of benzene rings is 1. The van der Waals surface area contributed by atoms with Crippen LogP contribution in [0, 0.1) is 5.92 Å². The van der Waals surface area contributed by atoms with Crippen LogP contribution in [-0.2, 0) is 13.0 Å². The topological polar surface area (TPSA) is 50.9 Å². The SMILES string of the molecule is CCc1ccc(C(O)C(C)Cn2cncn2)cc1. The first-order valence-electron chi connectivity index (χ1n) is 6.30. The van der Waals surface area contributed by atoms with Crippen LogP contribution in [0.1, 0.15) is 31.1 Å². The maximum Gasteiger partial charge on any atom is 0.137 e. The van der Waals surface area contributed by atoms with Crippen LogP contribution in [0.15, 0.2) is 36.9 Å². The van der Waals surface area contributed by atoms with Gasteiger partial charge in [0.15, 0.2) is 0 Å². The zero-order valence-corrected chi connectivity index (χ0v) is 10.8. The van der Waals surface area contributed by atoms with Crippen molar-refractivity contribution in [2.45, 2.75) is 32.9 Å². The molecule has 2 aromatic rings. The van der Waals surface area contributed by atoms with Crippen molar-refractivity contribution < 1.29 is 5.11 Å². The van der Waals surface area contributed by atoms with Crippen LogP contribution in [0.2, 0.25) is 0 Å². The van der Waals surface area contributed by atoms with Crippen LogP contribution in [0.5, 0.6) is 0 Å². The van der Waals surface area contributed by atoms with Gasteiger partial charge >= 0.3 is 0 Å². The summed E-state index contributed by atoms with van der Waals surface area (Å²) >= 11 is 0. The smallest absolute Gasteiger partial charge is 0.137 e. The molecule has 0 saturated carbocycles. The van der Waals surface area contributed by atoms with Gasteiger partial charge in [-0.05, 0) is 17.5 Å². The molecule has 0 saturated heterocycles. The molecule has 0 bridgehead atoms. The van der Waals surface area contributed by atoms with E-state index in [0.29, 0.717) is 6.54 Å². The zero-order valence-electron chi connectivity index (χ0n) is 10.8. The lowest BCUT2D eigenvalue weighted by Gasteiger charge is -2.19. The van der Waals surface area contributed by atoms with Gasteiger partial charge in [0.05, 0.1) is 6.10 Å². The molecule has 0 aliphatic rings. The molecule has 0 aliphatic carbocycles. The summed E-state index contributed by atoms with van der Waals surface area (Å²) in [5, 5.41) is 14.3. The highest BCUT2D eigenvalue weighted by Crippen LogP contribution is 2.23. The van der Waals surface area contributed by atoms with Crippen LogP contribution in [-0.4, -0.2) is 19.9 Å². The molecule has 0 amide bonds. The first-order chi connectivity index (χ1) is 8.70.